The third-order valence-corrected chi connectivity index (χ3v) is 6.51. The van der Waals surface area contributed by atoms with Crippen LogP contribution in [0.5, 0.6) is 0 Å². The summed E-state index contributed by atoms with van der Waals surface area (Å²) in [4.78, 5) is 2.83. The fraction of sp³-hybridized carbons (Fsp3) is 0.667. The predicted octanol–water partition coefficient (Wildman–Crippen LogP) is 3.46. The Morgan fingerprint density at radius 2 is 1.95 bits per heavy atom. The summed E-state index contributed by atoms with van der Waals surface area (Å²) in [5.41, 5.74) is 3.01. The number of nitrogens with one attached hydrogen (secondary N) is 1. The molecular weight excluding hydrogens is 244 g/mol. The van der Waals surface area contributed by atoms with Gasteiger partial charge in [0.1, 0.15) is 0 Å². The summed E-state index contributed by atoms with van der Waals surface area (Å²) in [5.74, 6) is 2.74. The van der Waals surface area contributed by atoms with Crippen LogP contribution in [0.1, 0.15) is 43.6 Å². The zero-order valence-electron chi connectivity index (χ0n) is 12.1. The largest absolute Gasteiger partial charge is 0.380 e. The van der Waals surface area contributed by atoms with E-state index in [9.17, 15) is 0 Å². The van der Waals surface area contributed by atoms with Crippen molar-refractivity contribution in [3.05, 3.63) is 29.8 Å². The number of fused-ring (bicyclic) bond motifs is 7. The topological polar surface area (TPSA) is 15.3 Å². The van der Waals surface area contributed by atoms with Gasteiger partial charge in [0.05, 0.1) is 0 Å². The molecule has 0 spiro atoms. The Hall–Kier alpha value is -1.02. The van der Waals surface area contributed by atoms with Crippen molar-refractivity contribution in [3.8, 4) is 0 Å². The number of piperidine rings is 1. The van der Waals surface area contributed by atoms with Crippen LogP contribution < -0.4 is 5.32 Å². The van der Waals surface area contributed by atoms with Crippen LogP contribution >= 0.6 is 0 Å². The molecule has 1 N–H and O–H groups in total. The molecule has 20 heavy (non-hydrogen) atoms. The first-order valence-corrected chi connectivity index (χ1v) is 8.51. The van der Waals surface area contributed by atoms with E-state index >= 15 is 0 Å². The molecule has 0 radical (unpaired) electrons. The number of hydrogen-bond donors (Lipinski definition) is 1. The first kappa shape index (κ1) is 11.6. The summed E-state index contributed by atoms with van der Waals surface area (Å²) in [6, 6.07) is 10.5. The Labute approximate surface area is 121 Å². The van der Waals surface area contributed by atoms with Crippen molar-refractivity contribution in [2.45, 2.75) is 50.1 Å². The number of nitrogens with zero attached hydrogens (tertiary/aromatic N) is 1. The second-order valence-corrected chi connectivity index (χ2v) is 7.35. The minimum atomic E-state index is 0.689. The van der Waals surface area contributed by atoms with Gasteiger partial charge in [-0.25, -0.2) is 0 Å². The standard InChI is InChI=1S/C18H24N2/c1-2-6-13-12(5-1)11-20-10-9-15-14-7-3-4-8-16(14)19-17(15)18(13)20/h3-4,7-8,12-13,15,17-19H,1-2,5-6,9-11H2/t12-,13-,15-,17+,18+/m0/s1. The molecule has 2 nitrogen and oxygen atoms in total. The molecule has 1 saturated carbocycles. The molecule has 2 heteroatoms. The SMILES string of the molecule is c1ccc2c(c1)N[C@H]1[C@H]3[C@H]4CCCC[C@H]4CN3CC[C@@H]21. The van der Waals surface area contributed by atoms with E-state index in [0.29, 0.717) is 6.04 Å². The maximum Gasteiger partial charge on any atom is 0.0489 e. The van der Waals surface area contributed by atoms with E-state index in [1.165, 1.54) is 50.9 Å². The zero-order valence-corrected chi connectivity index (χ0v) is 12.1. The molecule has 0 amide bonds. The van der Waals surface area contributed by atoms with Gasteiger partial charge < -0.3 is 5.32 Å². The summed E-state index contributed by atoms with van der Waals surface area (Å²) in [6.07, 6.45) is 7.26. The van der Waals surface area contributed by atoms with Crippen molar-refractivity contribution in [2.75, 3.05) is 18.4 Å². The van der Waals surface area contributed by atoms with Crippen molar-refractivity contribution in [1.82, 2.24) is 4.90 Å². The van der Waals surface area contributed by atoms with Gasteiger partial charge in [0.15, 0.2) is 0 Å². The molecule has 3 heterocycles. The monoisotopic (exact) mass is 268 g/mol. The molecule has 5 atom stereocenters. The molecule has 106 valence electrons. The summed E-state index contributed by atoms with van der Waals surface area (Å²) >= 11 is 0. The van der Waals surface area contributed by atoms with Gasteiger partial charge in [-0.1, -0.05) is 31.0 Å². The molecule has 4 aliphatic rings. The quantitative estimate of drug-likeness (QED) is 0.775. The van der Waals surface area contributed by atoms with Crippen molar-refractivity contribution in [2.24, 2.45) is 11.8 Å². The summed E-state index contributed by atoms with van der Waals surface area (Å²) in [6.45, 7) is 2.71. The van der Waals surface area contributed by atoms with E-state index in [4.69, 9.17) is 0 Å². The zero-order chi connectivity index (χ0) is 13.1. The molecular formula is C18H24N2. The van der Waals surface area contributed by atoms with Crippen LogP contribution in [0.15, 0.2) is 24.3 Å². The molecule has 0 aromatic heterocycles. The van der Waals surface area contributed by atoms with Gasteiger partial charge >= 0.3 is 0 Å². The second kappa shape index (κ2) is 4.24. The number of rotatable bonds is 0. The molecule has 5 rings (SSSR count). The highest BCUT2D eigenvalue weighted by atomic mass is 15.2. The number of benzene rings is 1. The van der Waals surface area contributed by atoms with Gasteiger partial charge in [-0.3, -0.25) is 4.90 Å². The molecule has 2 saturated heterocycles. The van der Waals surface area contributed by atoms with Crippen molar-refractivity contribution in [3.63, 3.8) is 0 Å². The Morgan fingerprint density at radius 1 is 1.05 bits per heavy atom. The molecule has 3 aliphatic heterocycles. The third-order valence-electron chi connectivity index (χ3n) is 6.51. The van der Waals surface area contributed by atoms with E-state index in [1.54, 1.807) is 5.56 Å². The average molecular weight is 268 g/mol. The highest BCUT2D eigenvalue weighted by molar-refractivity contribution is 5.60. The van der Waals surface area contributed by atoms with Crippen LogP contribution in [0.3, 0.4) is 0 Å². The minimum absolute atomic E-state index is 0.689. The van der Waals surface area contributed by atoms with Crippen LogP contribution in [0, 0.1) is 11.8 Å². The third kappa shape index (κ3) is 1.49. The van der Waals surface area contributed by atoms with Crippen LogP contribution in [0.2, 0.25) is 0 Å². The van der Waals surface area contributed by atoms with Gasteiger partial charge in [-0.2, -0.15) is 0 Å². The average Bonchev–Trinajstić information content (AvgIpc) is 3.04. The summed E-state index contributed by atoms with van der Waals surface area (Å²) < 4.78 is 0. The Balaban J connectivity index is 1.51. The molecule has 1 aromatic carbocycles. The fourth-order valence-electron chi connectivity index (χ4n) is 5.73. The predicted molar refractivity (Wildman–Crippen MR) is 82.0 cm³/mol. The highest BCUT2D eigenvalue weighted by Crippen LogP contribution is 2.50. The highest BCUT2D eigenvalue weighted by Gasteiger charge is 2.52. The maximum atomic E-state index is 3.90. The van der Waals surface area contributed by atoms with Crippen LogP contribution in [-0.2, 0) is 0 Å². The molecule has 0 bridgehead atoms. The van der Waals surface area contributed by atoms with E-state index < -0.39 is 0 Å². The van der Waals surface area contributed by atoms with Crippen molar-refractivity contribution >= 4 is 5.69 Å². The molecule has 1 aromatic rings. The smallest absolute Gasteiger partial charge is 0.0489 e. The molecule has 3 fully saturated rings. The van der Waals surface area contributed by atoms with Crippen LogP contribution in [0.4, 0.5) is 5.69 Å². The lowest BCUT2D eigenvalue weighted by Gasteiger charge is -2.42. The normalized spacial score (nSPS) is 42.3. The molecule has 0 unspecified atom stereocenters. The van der Waals surface area contributed by atoms with Gasteiger partial charge in [0, 0.05) is 30.2 Å². The number of para-hydroxylation sites is 1. The lowest BCUT2D eigenvalue weighted by molar-refractivity contribution is 0.138. The second-order valence-electron chi connectivity index (χ2n) is 7.35. The van der Waals surface area contributed by atoms with E-state index in [0.717, 1.165) is 23.8 Å². The Morgan fingerprint density at radius 3 is 2.95 bits per heavy atom. The number of anilines is 1. The number of hydrogen-bond acceptors (Lipinski definition) is 2. The van der Waals surface area contributed by atoms with Crippen LogP contribution in [-0.4, -0.2) is 30.1 Å². The Kier molecular flexibility index (Phi) is 2.46. The van der Waals surface area contributed by atoms with E-state index in [2.05, 4.69) is 34.5 Å². The van der Waals surface area contributed by atoms with Crippen LogP contribution in [0.25, 0.3) is 0 Å². The van der Waals surface area contributed by atoms with E-state index in [1.807, 2.05) is 0 Å². The summed E-state index contributed by atoms with van der Waals surface area (Å²) in [5, 5.41) is 3.90. The fourth-order valence-corrected chi connectivity index (χ4v) is 5.73. The van der Waals surface area contributed by atoms with Gasteiger partial charge in [0.25, 0.3) is 0 Å². The lowest BCUT2D eigenvalue weighted by atomic mass is 9.73. The van der Waals surface area contributed by atoms with Gasteiger partial charge in [-0.05, 0) is 49.3 Å². The van der Waals surface area contributed by atoms with Gasteiger partial charge in [-0.15, -0.1) is 0 Å². The Bertz CT molecular complexity index is 526. The van der Waals surface area contributed by atoms with Gasteiger partial charge in [0.2, 0.25) is 0 Å². The maximum absolute atomic E-state index is 3.90. The molecule has 1 aliphatic carbocycles. The van der Waals surface area contributed by atoms with Crippen molar-refractivity contribution < 1.29 is 0 Å². The van der Waals surface area contributed by atoms with E-state index in [-0.39, 0.29) is 0 Å². The lowest BCUT2D eigenvalue weighted by Crippen LogP contribution is -2.51. The summed E-state index contributed by atoms with van der Waals surface area (Å²) in [7, 11) is 0. The first-order chi connectivity index (χ1) is 9.92. The minimum Gasteiger partial charge on any atom is -0.380 e. The first-order valence-electron chi connectivity index (χ1n) is 8.51. The van der Waals surface area contributed by atoms with Crippen molar-refractivity contribution in [1.29, 1.82) is 0 Å².